The predicted molar refractivity (Wildman–Crippen MR) is 68.5 cm³/mol. The molecule has 18 heavy (non-hydrogen) atoms. The molecule has 1 aliphatic rings. The third-order valence-electron chi connectivity index (χ3n) is 3.30. The number of hydrogen-bond acceptors (Lipinski definition) is 3. The summed E-state index contributed by atoms with van der Waals surface area (Å²) in [5.74, 6) is 1.15. The number of halogens is 1. The Labute approximate surface area is 110 Å². The molecule has 1 saturated heterocycles. The molecule has 2 heterocycles. The molecular formula is C13H12ClN3O. The zero-order chi connectivity index (χ0) is 12.5. The molecule has 0 saturated carbocycles. The summed E-state index contributed by atoms with van der Waals surface area (Å²) in [4.78, 5) is 4.50. The minimum atomic E-state index is 0.276. The molecular weight excluding hydrogens is 250 g/mol. The fraction of sp³-hybridized carbons (Fsp3) is 0.385. The number of para-hydroxylation sites is 1. The Bertz CT molecular complexity index is 623. The van der Waals surface area contributed by atoms with Crippen LogP contribution in [0.4, 0.5) is 0 Å². The first-order valence-electron chi connectivity index (χ1n) is 5.88. The molecule has 4 nitrogen and oxygen atoms in total. The highest BCUT2D eigenvalue weighted by Gasteiger charge is 2.23. The number of nitrogens with zero attached hydrogens (tertiary/aromatic N) is 3. The summed E-state index contributed by atoms with van der Waals surface area (Å²) in [6.45, 7) is 1.45. The van der Waals surface area contributed by atoms with Crippen LogP contribution >= 0.6 is 11.6 Å². The maximum atomic E-state index is 9.12. The van der Waals surface area contributed by atoms with Crippen LogP contribution < -0.4 is 0 Å². The average Bonchev–Trinajstić information content (AvgIpc) is 3.03. The number of ether oxygens (including phenoxy) is 1. The van der Waals surface area contributed by atoms with Crippen molar-refractivity contribution in [1.29, 1.82) is 5.26 Å². The molecule has 0 spiro atoms. The van der Waals surface area contributed by atoms with Gasteiger partial charge in [-0.15, -0.1) is 11.6 Å². The number of rotatable bonds is 2. The van der Waals surface area contributed by atoms with Gasteiger partial charge < -0.3 is 9.30 Å². The number of imidazole rings is 1. The Morgan fingerprint density at radius 1 is 1.56 bits per heavy atom. The van der Waals surface area contributed by atoms with Gasteiger partial charge in [0.15, 0.2) is 0 Å². The largest absolute Gasteiger partial charge is 0.379 e. The van der Waals surface area contributed by atoms with E-state index in [0.29, 0.717) is 18.1 Å². The molecule has 1 aliphatic heterocycles. The Hall–Kier alpha value is -1.57. The second kappa shape index (κ2) is 4.60. The van der Waals surface area contributed by atoms with E-state index in [-0.39, 0.29) is 6.04 Å². The fourth-order valence-electron chi connectivity index (χ4n) is 2.48. The van der Waals surface area contributed by atoms with E-state index < -0.39 is 0 Å². The highest BCUT2D eigenvalue weighted by molar-refractivity contribution is 6.16. The van der Waals surface area contributed by atoms with Crippen LogP contribution in [0.2, 0.25) is 0 Å². The zero-order valence-electron chi connectivity index (χ0n) is 9.77. The lowest BCUT2D eigenvalue weighted by molar-refractivity contribution is 0.187. The molecule has 0 amide bonds. The van der Waals surface area contributed by atoms with Gasteiger partial charge in [0.05, 0.1) is 29.6 Å². The van der Waals surface area contributed by atoms with E-state index in [0.717, 1.165) is 29.9 Å². The van der Waals surface area contributed by atoms with Gasteiger partial charge >= 0.3 is 0 Å². The second-order valence-corrected chi connectivity index (χ2v) is 4.60. The summed E-state index contributed by atoms with van der Waals surface area (Å²) >= 11 is 5.97. The van der Waals surface area contributed by atoms with E-state index in [2.05, 4.69) is 15.6 Å². The van der Waals surface area contributed by atoms with Crippen molar-refractivity contribution >= 4 is 22.6 Å². The first-order chi connectivity index (χ1) is 8.85. The molecule has 0 radical (unpaired) electrons. The van der Waals surface area contributed by atoms with Gasteiger partial charge in [-0.3, -0.25) is 0 Å². The predicted octanol–water partition coefficient (Wildman–Crippen LogP) is 2.61. The van der Waals surface area contributed by atoms with Crippen molar-refractivity contribution < 1.29 is 4.74 Å². The van der Waals surface area contributed by atoms with Crippen molar-refractivity contribution in [2.24, 2.45) is 0 Å². The summed E-state index contributed by atoms with van der Waals surface area (Å²) in [5.41, 5.74) is 2.30. The molecule has 0 N–H and O–H groups in total. The summed E-state index contributed by atoms with van der Waals surface area (Å²) in [7, 11) is 0. The average molecular weight is 262 g/mol. The SMILES string of the molecule is N#Cc1cccc2c1nc(CCl)n2C1CCOC1. The Balaban J connectivity index is 2.25. The minimum absolute atomic E-state index is 0.276. The van der Waals surface area contributed by atoms with Crippen molar-refractivity contribution in [3.05, 3.63) is 29.6 Å². The van der Waals surface area contributed by atoms with Gasteiger partial charge in [0.1, 0.15) is 17.4 Å². The van der Waals surface area contributed by atoms with Gasteiger partial charge in [-0.25, -0.2) is 4.98 Å². The highest BCUT2D eigenvalue weighted by Crippen LogP contribution is 2.28. The number of aromatic nitrogens is 2. The summed E-state index contributed by atoms with van der Waals surface area (Å²) in [6, 6.07) is 8.10. The molecule has 3 rings (SSSR count). The van der Waals surface area contributed by atoms with Crippen molar-refractivity contribution in [3.8, 4) is 6.07 Å². The lowest BCUT2D eigenvalue weighted by Crippen LogP contribution is -2.11. The number of nitriles is 1. The van der Waals surface area contributed by atoms with Gasteiger partial charge in [0, 0.05) is 6.61 Å². The smallest absolute Gasteiger partial charge is 0.125 e. The van der Waals surface area contributed by atoms with Crippen LogP contribution in [0.15, 0.2) is 18.2 Å². The fourth-order valence-corrected chi connectivity index (χ4v) is 2.67. The first kappa shape index (κ1) is 11.5. The monoisotopic (exact) mass is 261 g/mol. The molecule has 0 aliphatic carbocycles. The third kappa shape index (κ3) is 1.67. The number of fused-ring (bicyclic) bond motifs is 1. The van der Waals surface area contributed by atoms with Crippen LogP contribution in [0.3, 0.4) is 0 Å². The standard InChI is InChI=1S/C13H12ClN3O/c14-6-12-16-13-9(7-15)2-1-3-11(13)17(12)10-4-5-18-8-10/h1-3,10H,4-6,8H2. The van der Waals surface area contributed by atoms with Crippen LogP contribution in [0.1, 0.15) is 23.9 Å². The molecule has 1 aromatic heterocycles. The lowest BCUT2D eigenvalue weighted by atomic mass is 10.2. The third-order valence-corrected chi connectivity index (χ3v) is 3.54. The van der Waals surface area contributed by atoms with Gasteiger partial charge in [-0.05, 0) is 18.6 Å². The van der Waals surface area contributed by atoms with Crippen molar-refractivity contribution in [1.82, 2.24) is 9.55 Å². The quantitative estimate of drug-likeness (QED) is 0.781. The topological polar surface area (TPSA) is 50.8 Å². The zero-order valence-corrected chi connectivity index (χ0v) is 10.5. The lowest BCUT2D eigenvalue weighted by Gasteiger charge is -2.13. The van der Waals surface area contributed by atoms with E-state index in [1.165, 1.54) is 0 Å². The van der Waals surface area contributed by atoms with Crippen LogP contribution in [0.5, 0.6) is 0 Å². The Kier molecular flexibility index (Phi) is 2.94. The van der Waals surface area contributed by atoms with E-state index >= 15 is 0 Å². The van der Waals surface area contributed by atoms with Crippen LogP contribution in [-0.4, -0.2) is 22.8 Å². The van der Waals surface area contributed by atoms with E-state index in [1.54, 1.807) is 6.07 Å². The van der Waals surface area contributed by atoms with Gasteiger partial charge in [-0.2, -0.15) is 5.26 Å². The molecule has 2 aromatic rings. The summed E-state index contributed by atoms with van der Waals surface area (Å²) in [6.07, 6.45) is 0.964. The molecule has 92 valence electrons. The second-order valence-electron chi connectivity index (χ2n) is 4.33. The highest BCUT2D eigenvalue weighted by atomic mass is 35.5. The van der Waals surface area contributed by atoms with Gasteiger partial charge in [0.25, 0.3) is 0 Å². The van der Waals surface area contributed by atoms with Crippen LogP contribution in [0, 0.1) is 11.3 Å². The maximum absolute atomic E-state index is 9.12. The molecule has 5 heteroatoms. The summed E-state index contributed by atoms with van der Waals surface area (Å²) in [5, 5.41) is 9.12. The molecule has 1 fully saturated rings. The molecule has 0 bridgehead atoms. The van der Waals surface area contributed by atoms with Gasteiger partial charge in [-0.1, -0.05) is 6.07 Å². The normalized spacial score (nSPS) is 19.2. The van der Waals surface area contributed by atoms with E-state index in [1.807, 2.05) is 12.1 Å². The Morgan fingerprint density at radius 3 is 3.11 bits per heavy atom. The minimum Gasteiger partial charge on any atom is -0.379 e. The van der Waals surface area contributed by atoms with Crippen molar-refractivity contribution in [2.45, 2.75) is 18.3 Å². The number of benzene rings is 1. The van der Waals surface area contributed by atoms with Crippen LogP contribution in [0.25, 0.3) is 11.0 Å². The van der Waals surface area contributed by atoms with E-state index in [4.69, 9.17) is 21.6 Å². The number of hydrogen-bond donors (Lipinski definition) is 0. The Morgan fingerprint density at radius 2 is 2.44 bits per heavy atom. The van der Waals surface area contributed by atoms with Crippen molar-refractivity contribution in [2.75, 3.05) is 13.2 Å². The summed E-state index contributed by atoms with van der Waals surface area (Å²) < 4.78 is 7.55. The van der Waals surface area contributed by atoms with Crippen molar-refractivity contribution in [3.63, 3.8) is 0 Å². The molecule has 1 unspecified atom stereocenters. The maximum Gasteiger partial charge on any atom is 0.125 e. The van der Waals surface area contributed by atoms with E-state index in [9.17, 15) is 0 Å². The number of alkyl halides is 1. The molecule has 1 atom stereocenters. The van der Waals surface area contributed by atoms with Gasteiger partial charge in [0.2, 0.25) is 0 Å². The molecule has 1 aromatic carbocycles. The first-order valence-corrected chi connectivity index (χ1v) is 6.42. The van der Waals surface area contributed by atoms with Crippen LogP contribution in [-0.2, 0) is 10.6 Å².